The molecule has 28 heavy (non-hydrogen) atoms. The van der Waals surface area contributed by atoms with Gasteiger partial charge in [0.05, 0.1) is 22.1 Å². The first kappa shape index (κ1) is 20.1. The highest BCUT2D eigenvalue weighted by atomic mass is 16.7. The van der Waals surface area contributed by atoms with Gasteiger partial charge in [0.25, 0.3) is 5.56 Å². The zero-order valence-corrected chi connectivity index (χ0v) is 16.6. The lowest BCUT2D eigenvalue weighted by Crippen LogP contribution is -2.41. The molecule has 8 nitrogen and oxygen atoms in total. The van der Waals surface area contributed by atoms with Crippen molar-refractivity contribution in [2.45, 2.75) is 45.8 Å². The monoisotopic (exact) mass is 385 g/mol. The summed E-state index contributed by atoms with van der Waals surface area (Å²) < 4.78 is 12.2. The molecule has 2 aromatic rings. The van der Waals surface area contributed by atoms with Crippen molar-refractivity contribution in [1.29, 1.82) is 0 Å². The van der Waals surface area contributed by atoms with Gasteiger partial charge in [-0.2, -0.15) is 0 Å². The van der Waals surface area contributed by atoms with Crippen LogP contribution >= 0.6 is 0 Å². The van der Waals surface area contributed by atoms with E-state index in [4.69, 9.17) is 9.31 Å². The number of amides is 1. The third-order valence-corrected chi connectivity index (χ3v) is 5.21. The van der Waals surface area contributed by atoms with Gasteiger partial charge in [0.15, 0.2) is 0 Å². The normalized spacial score (nSPS) is 18.5. The van der Waals surface area contributed by atoms with E-state index in [9.17, 15) is 14.4 Å². The Bertz CT molecular complexity index is 1050. The molecule has 2 heterocycles. The highest BCUT2D eigenvalue weighted by Crippen LogP contribution is 2.38. The maximum atomic E-state index is 12.1. The van der Waals surface area contributed by atoms with Crippen LogP contribution in [0.1, 0.15) is 40.2 Å². The van der Waals surface area contributed by atoms with Crippen LogP contribution in [-0.4, -0.2) is 40.7 Å². The average Bonchev–Trinajstić information content (AvgIpc) is 2.79. The summed E-state index contributed by atoms with van der Waals surface area (Å²) in [6.45, 7) is 9.49. The molecule has 1 saturated heterocycles. The number of hydrogen-bond donors (Lipinski definition) is 3. The minimum Gasteiger partial charge on any atom is -0.400 e. The fraction of sp³-hybridized carbons (Fsp3) is 0.421. The third-order valence-electron chi connectivity index (χ3n) is 5.21. The molecule has 1 aliphatic heterocycles. The minimum atomic E-state index is -0.638. The van der Waals surface area contributed by atoms with Gasteiger partial charge in [-0.25, -0.2) is 4.79 Å². The van der Waals surface area contributed by atoms with Crippen LogP contribution in [0.25, 0.3) is 17.0 Å². The Hall–Kier alpha value is -2.65. The Labute approximate surface area is 162 Å². The van der Waals surface area contributed by atoms with Crippen molar-refractivity contribution in [3.05, 3.63) is 50.1 Å². The molecule has 1 aromatic heterocycles. The number of aromatic amines is 2. The van der Waals surface area contributed by atoms with Crippen molar-refractivity contribution >= 4 is 30.0 Å². The van der Waals surface area contributed by atoms with E-state index in [1.54, 1.807) is 18.2 Å². The summed E-state index contributed by atoms with van der Waals surface area (Å²) in [4.78, 5) is 39.7. The molecule has 0 saturated carbocycles. The lowest BCUT2D eigenvalue weighted by Gasteiger charge is -2.32. The molecule has 0 unspecified atom stereocenters. The molecule has 1 aliphatic rings. The van der Waals surface area contributed by atoms with Crippen molar-refractivity contribution in [2.75, 3.05) is 6.54 Å². The Morgan fingerprint density at radius 2 is 1.79 bits per heavy atom. The van der Waals surface area contributed by atoms with E-state index in [0.717, 1.165) is 5.56 Å². The second-order valence-corrected chi connectivity index (χ2v) is 7.93. The maximum Gasteiger partial charge on any atom is 0.492 e. The van der Waals surface area contributed by atoms with Gasteiger partial charge in [-0.3, -0.25) is 14.6 Å². The molecule has 0 aliphatic carbocycles. The molecule has 0 bridgehead atoms. The summed E-state index contributed by atoms with van der Waals surface area (Å²) >= 11 is 0. The van der Waals surface area contributed by atoms with E-state index in [1.807, 2.05) is 33.8 Å². The SMILES string of the molecule is CC(=O)NCC(=Cc1ccc2[nH]c(=O)[nH]c(=O)c2c1)B1OC(C)(C)C(C)(C)O1. The minimum absolute atomic E-state index is 0.171. The average molecular weight is 385 g/mol. The van der Waals surface area contributed by atoms with Gasteiger partial charge in [-0.1, -0.05) is 12.1 Å². The van der Waals surface area contributed by atoms with Gasteiger partial charge in [0.2, 0.25) is 5.91 Å². The van der Waals surface area contributed by atoms with E-state index in [2.05, 4.69) is 15.3 Å². The molecule has 0 spiro atoms. The topological polar surface area (TPSA) is 113 Å². The summed E-state index contributed by atoms with van der Waals surface area (Å²) in [5, 5.41) is 3.13. The molecule has 9 heteroatoms. The first-order valence-electron chi connectivity index (χ1n) is 9.05. The summed E-state index contributed by atoms with van der Waals surface area (Å²) in [6, 6.07) is 5.11. The van der Waals surface area contributed by atoms with Crippen LogP contribution in [0.5, 0.6) is 0 Å². The maximum absolute atomic E-state index is 12.1. The summed E-state index contributed by atoms with van der Waals surface area (Å²) in [5.74, 6) is -0.171. The number of nitrogens with one attached hydrogen (secondary N) is 3. The number of carbonyl (C=O) groups is 1. The Kier molecular flexibility index (Phi) is 5.07. The zero-order valence-electron chi connectivity index (χ0n) is 16.6. The van der Waals surface area contributed by atoms with E-state index >= 15 is 0 Å². The summed E-state index contributed by atoms with van der Waals surface area (Å²) in [7, 11) is -0.638. The lowest BCUT2D eigenvalue weighted by atomic mass is 9.77. The largest absolute Gasteiger partial charge is 0.492 e. The predicted octanol–water partition coefficient (Wildman–Crippen LogP) is 1.37. The molecule has 0 radical (unpaired) electrons. The zero-order chi connectivity index (χ0) is 20.7. The number of H-pyrrole nitrogens is 2. The molecular weight excluding hydrogens is 361 g/mol. The first-order chi connectivity index (χ1) is 13.0. The van der Waals surface area contributed by atoms with Gasteiger partial charge in [0, 0.05) is 13.5 Å². The quantitative estimate of drug-likeness (QED) is 0.688. The first-order valence-corrected chi connectivity index (χ1v) is 9.05. The van der Waals surface area contributed by atoms with Crippen LogP contribution in [-0.2, 0) is 14.1 Å². The van der Waals surface area contributed by atoms with Crippen LogP contribution in [0.3, 0.4) is 0 Å². The molecule has 3 rings (SSSR count). The number of fused-ring (bicyclic) bond motifs is 1. The highest BCUT2D eigenvalue weighted by molar-refractivity contribution is 6.56. The van der Waals surface area contributed by atoms with Crippen LogP contribution in [0.2, 0.25) is 0 Å². The van der Waals surface area contributed by atoms with Crippen molar-refractivity contribution < 1.29 is 14.1 Å². The third kappa shape index (κ3) is 3.95. The van der Waals surface area contributed by atoms with E-state index in [1.165, 1.54) is 6.92 Å². The Morgan fingerprint density at radius 1 is 1.14 bits per heavy atom. The van der Waals surface area contributed by atoms with Crippen LogP contribution < -0.4 is 16.6 Å². The molecule has 1 amide bonds. The van der Waals surface area contributed by atoms with E-state index in [-0.39, 0.29) is 12.5 Å². The molecule has 148 valence electrons. The van der Waals surface area contributed by atoms with Gasteiger partial charge < -0.3 is 19.6 Å². The Morgan fingerprint density at radius 3 is 2.39 bits per heavy atom. The second kappa shape index (κ2) is 7.07. The molecule has 3 N–H and O–H groups in total. The Balaban J connectivity index is 2.02. The lowest BCUT2D eigenvalue weighted by molar-refractivity contribution is -0.118. The van der Waals surface area contributed by atoms with Crippen molar-refractivity contribution in [2.24, 2.45) is 0 Å². The number of carbonyl (C=O) groups excluding carboxylic acids is 1. The molecular formula is C19H24BN3O5. The summed E-state index contributed by atoms with van der Waals surface area (Å²) in [5.41, 5.74) is -0.170. The van der Waals surface area contributed by atoms with Crippen LogP contribution in [0, 0.1) is 0 Å². The van der Waals surface area contributed by atoms with E-state index < -0.39 is 29.6 Å². The number of hydrogen-bond acceptors (Lipinski definition) is 5. The molecule has 1 aromatic carbocycles. The predicted molar refractivity (Wildman–Crippen MR) is 108 cm³/mol. The number of aromatic nitrogens is 2. The van der Waals surface area contributed by atoms with Crippen molar-refractivity contribution in [1.82, 2.24) is 15.3 Å². The van der Waals surface area contributed by atoms with Crippen LogP contribution in [0.4, 0.5) is 0 Å². The second-order valence-electron chi connectivity index (χ2n) is 7.93. The van der Waals surface area contributed by atoms with Crippen LogP contribution in [0.15, 0.2) is 33.3 Å². The van der Waals surface area contributed by atoms with Crippen molar-refractivity contribution in [3.8, 4) is 0 Å². The van der Waals surface area contributed by atoms with E-state index in [0.29, 0.717) is 16.4 Å². The fourth-order valence-corrected chi connectivity index (χ4v) is 2.91. The van der Waals surface area contributed by atoms with Gasteiger partial charge in [-0.15, -0.1) is 0 Å². The molecule has 1 fully saturated rings. The smallest absolute Gasteiger partial charge is 0.400 e. The highest BCUT2D eigenvalue weighted by Gasteiger charge is 2.52. The number of benzene rings is 1. The summed E-state index contributed by atoms with van der Waals surface area (Å²) in [6.07, 6.45) is 1.82. The van der Waals surface area contributed by atoms with Gasteiger partial charge in [0.1, 0.15) is 0 Å². The standard InChI is InChI=1S/C19H24BN3O5/c1-11(24)21-10-13(20-27-18(2,3)19(4,5)28-20)8-12-6-7-15-14(9-12)16(25)23-17(26)22-15/h6-9H,10H2,1-5H3,(H,21,24)(H2,22,23,25,26). The number of rotatable bonds is 4. The van der Waals surface area contributed by atoms with Crippen molar-refractivity contribution in [3.63, 3.8) is 0 Å². The van der Waals surface area contributed by atoms with Gasteiger partial charge in [-0.05, 0) is 50.9 Å². The fourth-order valence-electron chi connectivity index (χ4n) is 2.91. The molecule has 0 atom stereocenters. The van der Waals surface area contributed by atoms with Gasteiger partial charge >= 0.3 is 12.8 Å².